The summed E-state index contributed by atoms with van der Waals surface area (Å²) in [5.74, 6) is 0.638. The fourth-order valence-corrected chi connectivity index (χ4v) is 4.29. The van der Waals surface area contributed by atoms with Gasteiger partial charge in [-0.25, -0.2) is 0 Å². The van der Waals surface area contributed by atoms with E-state index >= 15 is 0 Å². The summed E-state index contributed by atoms with van der Waals surface area (Å²) in [5.41, 5.74) is 14.8. The predicted octanol–water partition coefficient (Wildman–Crippen LogP) is 4.75. The van der Waals surface area contributed by atoms with Crippen molar-refractivity contribution in [1.82, 2.24) is 0 Å². The molecule has 0 saturated carbocycles. The van der Waals surface area contributed by atoms with Gasteiger partial charge in [-0.2, -0.15) is 0 Å². The molecule has 0 radical (unpaired) electrons. The summed E-state index contributed by atoms with van der Waals surface area (Å²) < 4.78 is 0. The molecule has 24 heavy (non-hydrogen) atoms. The summed E-state index contributed by atoms with van der Waals surface area (Å²) in [6, 6.07) is 4.64. The zero-order valence-electron chi connectivity index (χ0n) is 17.1. The molecule has 0 aliphatic carbocycles. The first kappa shape index (κ1) is 18.8. The molecule has 1 unspecified atom stereocenters. The molecular weight excluding hydrogens is 287 g/mol. The van der Waals surface area contributed by atoms with Gasteiger partial charge in [-0.1, -0.05) is 64.7 Å². The van der Waals surface area contributed by atoms with Crippen molar-refractivity contribution in [2.45, 2.75) is 74.7 Å². The molecule has 2 rings (SSSR count). The smallest absolute Gasteiger partial charge is 0.0728 e. The first-order valence-corrected chi connectivity index (χ1v) is 9.34. The molecule has 2 aromatic carbocycles. The lowest BCUT2D eigenvalue weighted by atomic mass is 9.57. The standard InChI is InChI=1S/C23H33B/c1-10-14(3)21-17(6)19(8)23(20(9)18(21)7)24-22-15(4)11-13(2)12-16(22)5/h11-12,14,24H,10H2,1-9H3. The van der Waals surface area contributed by atoms with Crippen molar-refractivity contribution in [2.75, 3.05) is 0 Å². The molecule has 1 heteroatoms. The molecule has 0 bridgehead atoms. The Labute approximate surface area is 149 Å². The van der Waals surface area contributed by atoms with Crippen molar-refractivity contribution in [3.63, 3.8) is 0 Å². The molecule has 1 atom stereocenters. The second kappa shape index (κ2) is 7.17. The Balaban J connectivity index is 2.61. The number of hydrogen-bond acceptors (Lipinski definition) is 0. The van der Waals surface area contributed by atoms with E-state index in [2.05, 4.69) is 74.4 Å². The average Bonchev–Trinajstić information content (AvgIpc) is 2.51. The maximum Gasteiger partial charge on any atom is 0.193 e. The lowest BCUT2D eigenvalue weighted by Crippen LogP contribution is -2.36. The number of hydrogen-bond donors (Lipinski definition) is 0. The molecule has 0 aliphatic heterocycles. The van der Waals surface area contributed by atoms with Crippen molar-refractivity contribution in [2.24, 2.45) is 0 Å². The second-order valence-corrected chi connectivity index (χ2v) is 7.76. The first-order valence-electron chi connectivity index (χ1n) is 9.34. The molecule has 128 valence electrons. The van der Waals surface area contributed by atoms with E-state index in [4.69, 9.17) is 0 Å². The van der Waals surface area contributed by atoms with E-state index in [0.717, 1.165) is 7.28 Å². The van der Waals surface area contributed by atoms with Crippen LogP contribution in [0, 0.1) is 48.5 Å². The lowest BCUT2D eigenvalue weighted by molar-refractivity contribution is 0.721. The molecule has 0 heterocycles. The third kappa shape index (κ3) is 3.32. The fourth-order valence-electron chi connectivity index (χ4n) is 4.29. The highest BCUT2D eigenvalue weighted by molar-refractivity contribution is 6.69. The SMILES string of the molecule is CCC(C)c1c(C)c(C)c(Bc2c(C)cc(C)cc2C)c(C)c1C. The average molecular weight is 320 g/mol. The van der Waals surface area contributed by atoms with Gasteiger partial charge in [0.05, 0.1) is 0 Å². The molecule has 0 amide bonds. The van der Waals surface area contributed by atoms with Gasteiger partial charge >= 0.3 is 0 Å². The van der Waals surface area contributed by atoms with Crippen molar-refractivity contribution < 1.29 is 0 Å². The molecule has 0 fully saturated rings. The third-order valence-corrected chi connectivity index (χ3v) is 6.14. The van der Waals surface area contributed by atoms with E-state index in [1.807, 2.05) is 0 Å². The van der Waals surface area contributed by atoms with Crippen LogP contribution >= 0.6 is 0 Å². The monoisotopic (exact) mass is 320 g/mol. The minimum absolute atomic E-state index is 0.638. The number of rotatable bonds is 4. The zero-order chi connectivity index (χ0) is 18.2. The summed E-state index contributed by atoms with van der Waals surface area (Å²) >= 11 is 0. The molecule has 0 nitrogen and oxygen atoms in total. The van der Waals surface area contributed by atoms with E-state index in [-0.39, 0.29) is 0 Å². The molecule has 2 aromatic rings. The van der Waals surface area contributed by atoms with Gasteiger partial charge in [-0.3, -0.25) is 0 Å². The zero-order valence-corrected chi connectivity index (χ0v) is 17.1. The van der Waals surface area contributed by atoms with Crippen molar-refractivity contribution in [3.8, 4) is 0 Å². The van der Waals surface area contributed by atoms with Gasteiger partial charge in [0, 0.05) is 0 Å². The molecule has 0 spiro atoms. The van der Waals surface area contributed by atoms with Gasteiger partial charge in [0.2, 0.25) is 0 Å². The van der Waals surface area contributed by atoms with Gasteiger partial charge in [0.1, 0.15) is 0 Å². The molecular formula is C23H33B. The number of aryl methyl sites for hydroxylation is 3. The maximum atomic E-state index is 2.36. The van der Waals surface area contributed by atoms with Crippen LogP contribution in [-0.4, -0.2) is 7.28 Å². The minimum Gasteiger partial charge on any atom is -0.0728 e. The van der Waals surface area contributed by atoms with Gasteiger partial charge in [0.25, 0.3) is 0 Å². The van der Waals surface area contributed by atoms with E-state index in [1.165, 1.54) is 56.3 Å². The Morgan fingerprint density at radius 3 is 1.62 bits per heavy atom. The summed E-state index contributed by atoms with van der Waals surface area (Å²) in [4.78, 5) is 0. The van der Waals surface area contributed by atoms with Gasteiger partial charge in [-0.05, 0) is 77.5 Å². The lowest BCUT2D eigenvalue weighted by Gasteiger charge is -2.24. The van der Waals surface area contributed by atoms with Crippen LogP contribution in [0.25, 0.3) is 0 Å². The van der Waals surface area contributed by atoms with Gasteiger partial charge < -0.3 is 0 Å². The quantitative estimate of drug-likeness (QED) is 0.713. The Bertz CT molecular complexity index is 716. The molecule has 0 aliphatic rings. The van der Waals surface area contributed by atoms with Gasteiger partial charge in [0.15, 0.2) is 7.28 Å². The van der Waals surface area contributed by atoms with Crippen LogP contribution < -0.4 is 10.9 Å². The highest BCUT2D eigenvalue weighted by atomic mass is 14.2. The molecule has 0 saturated heterocycles. The van der Waals surface area contributed by atoms with E-state index < -0.39 is 0 Å². The molecule has 0 N–H and O–H groups in total. The minimum atomic E-state index is 0.638. The van der Waals surface area contributed by atoms with Crippen LogP contribution in [0.4, 0.5) is 0 Å². The highest BCUT2D eigenvalue weighted by Gasteiger charge is 2.19. The largest absolute Gasteiger partial charge is 0.193 e. The summed E-state index contributed by atoms with van der Waals surface area (Å²) in [5, 5.41) is 0. The third-order valence-electron chi connectivity index (χ3n) is 6.14. The summed E-state index contributed by atoms with van der Waals surface area (Å²) in [6.07, 6.45) is 1.20. The van der Waals surface area contributed by atoms with Crippen molar-refractivity contribution >= 4 is 18.2 Å². The Morgan fingerprint density at radius 2 is 1.21 bits per heavy atom. The maximum absolute atomic E-state index is 2.36. The van der Waals surface area contributed by atoms with E-state index in [9.17, 15) is 0 Å². The van der Waals surface area contributed by atoms with Crippen LogP contribution in [0.2, 0.25) is 0 Å². The normalized spacial score (nSPS) is 12.4. The fraction of sp³-hybridized carbons (Fsp3) is 0.478. The molecule has 0 aromatic heterocycles. The predicted molar refractivity (Wildman–Crippen MR) is 111 cm³/mol. The van der Waals surface area contributed by atoms with Gasteiger partial charge in [-0.15, -0.1) is 0 Å². The summed E-state index contributed by atoms with van der Waals surface area (Å²) in [6.45, 7) is 20.6. The Hall–Kier alpha value is -1.50. The van der Waals surface area contributed by atoms with Crippen LogP contribution in [0.15, 0.2) is 12.1 Å². The van der Waals surface area contributed by atoms with Crippen LogP contribution in [0.5, 0.6) is 0 Å². The van der Waals surface area contributed by atoms with Crippen LogP contribution in [-0.2, 0) is 0 Å². The van der Waals surface area contributed by atoms with Crippen LogP contribution in [0.3, 0.4) is 0 Å². The van der Waals surface area contributed by atoms with E-state index in [0.29, 0.717) is 5.92 Å². The highest BCUT2D eigenvalue weighted by Crippen LogP contribution is 2.29. The van der Waals surface area contributed by atoms with Crippen molar-refractivity contribution in [1.29, 1.82) is 0 Å². The first-order chi connectivity index (χ1) is 11.2. The second-order valence-electron chi connectivity index (χ2n) is 7.76. The topological polar surface area (TPSA) is 0 Å². The Morgan fingerprint density at radius 1 is 0.750 bits per heavy atom. The number of benzene rings is 2. The van der Waals surface area contributed by atoms with Crippen molar-refractivity contribution in [3.05, 3.63) is 56.6 Å². The Kier molecular flexibility index (Phi) is 5.63. The van der Waals surface area contributed by atoms with E-state index in [1.54, 1.807) is 5.56 Å². The van der Waals surface area contributed by atoms with Crippen LogP contribution in [0.1, 0.15) is 70.7 Å². The summed E-state index contributed by atoms with van der Waals surface area (Å²) in [7, 11) is 1.05.